The summed E-state index contributed by atoms with van der Waals surface area (Å²) in [6.45, 7) is 9.72. The Morgan fingerprint density at radius 1 is 0.269 bits per heavy atom. The minimum atomic E-state index is -4.97. The summed E-state index contributed by atoms with van der Waals surface area (Å²) < 4.78 is 69.0. The largest absolute Gasteiger partial charge is 0.472 e. The highest BCUT2D eigenvalue weighted by atomic mass is 31.2. The van der Waals surface area contributed by atoms with E-state index >= 15 is 0 Å². The van der Waals surface area contributed by atoms with Gasteiger partial charge in [0.25, 0.3) is 0 Å². The van der Waals surface area contributed by atoms with Crippen LogP contribution in [-0.2, 0) is 65.4 Å². The molecule has 0 aromatic rings. The standard InChI is InChI=1S/C89H174O17P2/c1-7-10-12-14-16-18-20-22-24-25-26-27-31-35-38-42-46-53-59-65-71-86(91)99-77-84(105-88(93)74-68-62-56-48-44-40-36-32-29-28-30-34-37-41-45-52-58-64-70-82(6)9-3)79-103-107(95,96)101-75-83(90)76-102-108(97,98)104-80-85(78-100-87(92)72-66-60-54-50-49-51-57-63-69-81(4)5)106-89(94)73-67-61-55-47-43-39-33-23-21-19-17-15-13-11-8-2/h81-85,90H,7-80H2,1-6H3,(H,95,96)(H,97,98)/t82?,83-,84-,85-/m1/s1. The van der Waals surface area contributed by atoms with Crippen molar-refractivity contribution in [3.05, 3.63) is 0 Å². The van der Waals surface area contributed by atoms with Crippen LogP contribution < -0.4 is 0 Å². The summed E-state index contributed by atoms with van der Waals surface area (Å²) in [5.74, 6) is -0.501. The van der Waals surface area contributed by atoms with E-state index in [1.165, 1.54) is 295 Å². The fourth-order valence-electron chi connectivity index (χ4n) is 13.9. The number of carbonyl (C=O) groups excluding carboxylic acids is 4. The second-order valence-electron chi connectivity index (χ2n) is 32.7. The molecule has 0 aliphatic carbocycles. The lowest BCUT2D eigenvalue weighted by molar-refractivity contribution is -0.161. The first-order valence-electron chi connectivity index (χ1n) is 46.0. The third kappa shape index (κ3) is 80.7. The smallest absolute Gasteiger partial charge is 0.462 e. The quantitative estimate of drug-likeness (QED) is 0.0222. The monoisotopic (exact) mass is 1580 g/mol. The lowest BCUT2D eigenvalue weighted by atomic mass is 9.99. The van der Waals surface area contributed by atoms with Crippen LogP contribution in [0.2, 0.25) is 0 Å². The molecule has 0 saturated carbocycles. The first kappa shape index (κ1) is 106. The van der Waals surface area contributed by atoms with E-state index < -0.39 is 97.5 Å². The average molecular weight is 1580 g/mol. The Kier molecular flexibility index (Phi) is 78.8. The Hall–Kier alpha value is -1.94. The van der Waals surface area contributed by atoms with E-state index in [4.69, 9.17) is 37.0 Å². The Morgan fingerprint density at radius 2 is 0.472 bits per heavy atom. The second kappa shape index (κ2) is 80.3. The number of aliphatic hydroxyl groups is 1. The van der Waals surface area contributed by atoms with Crippen LogP contribution in [0.25, 0.3) is 0 Å². The van der Waals surface area contributed by atoms with Crippen molar-refractivity contribution >= 4 is 39.5 Å². The van der Waals surface area contributed by atoms with Crippen molar-refractivity contribution < 1.29 is 80.2 Å². The molecule has 0 bridgehead atoms. The van der Waals surface area contributed by atoms with Crippen LogP contribution in [0, 0.1) is 11.8 Å². The Bertz CT molecular complexity index is 2070. The van der Waals surface area contributed by atoms with Crippen molar-refractivity contribution in [2.45, 2.75) is 496 Å². The summed E-state index contributed by atoms with van der Waals surface area (Å²) in [6.07, 6.45) is 73.7. The fourth-order valence-corrected chi connectivity index (χ4v) is 15.5. The topological polar surface area (TPSA) is 237 Å². The highest BCUT2D eigenvalue weighted by Crippen LogP contribution is 2.45. The summed E-state index contributed by atoms with van der Waals surface area (Å²) in [5.41, 5.74) is 0. The van der Waals surface area contributed by atoms with Crippen molar-refractivity contribution in [2.24, 2.45) is 11.8 Å². The van der Waals surface area contributed by atoms with Gasteiger partial charge in [0.1, 0.15) is 19.3 Å². The van der Waals surface area contributed by atoms with E-state index in [9.17, 15) is 43.2 Å². The normalized spacial score (nSPS) is 14.0. The minimum absolute atomic E-state index is 0.108. The van der Waals surface area contributed by atoms with E-state index in [0.717, 1.165) is 102 Å². The zero-order valence-electron chi connectivity index (χ0n) is 71.2. The number of unbranched alkanes of at least 4 members (excludes halogenated alkanes) is 57. The van der Waals surface area contributed by atoms with Gasteiger partial charge >= 0.3 is 39.5 Å². The molecule has 0 aliphatic rings. The highest BCUT2D eigenvalue weighted by Gasteiger charge is 2.31. The number of aliphatic hydroxyl groups excluding tert-OH is 1. The molecule has 0 rings (SSSR count). The summed E-state index contributed by atoms with van der Waals surface area (Å²) >= 11 is 0. The summed E-state index contributed by atoms with van der Waals surface area (Å²) in [5, 5.41) is 10.7. The van der Waals surface area contributed by atoms with Gasteiger partial charge in [-0.25, -0.2) is 9.13 Å². The molecule has 0 amide bonds. The summed E-state index contributed by atoms with van der Waals surface area (Å²) in [6, 6.07) is 0. The molecule has 0 saturated heterocycles. The molecule has 0 aromatic carbocycles. The lowest BCUT2D eigenvalue weighted by Gasteiger charge is -2.21. The van der Waals surface area contributed by atoms with E-state index in [1.807, 2.05) is 0 Å². The number of hydrogen-bond donors (Lipinski definition) is 3. The molecule has 642 valence electrons. The van der Waals surface area contributed by atoms with Crippen molar-refractivity contribution in [3.8, 4) is 0 Å². The molecular weight excluding hydrogens is 1400 g/mol. The molecule has 0 heterocycles. The molecule has 3 unspecified atom stereocenters. The Balaban J connectivity index is 5.23. The number of ether oxygens (including phenoxy) is 4. The van der Waals surface area contributed by atoms with Gasteiger partial charge in [-0.1, -0.05) is 427 Å². The number of phosphoric ester groups is 2. The first-order chi connectivity index (χ1) is 52.4. The maximum Gasteiger partial charge on any atom is 0.472 e. The molecule has 0 radical (unpaired) electrons. The molecule has 3 N–H and O–H groups in total. The molecule has 0 fully saturated rings. The predicted octanol–water partition coefficient (Wildman–Crippen LogP) is 27.4. The van der Waals surface area contributed by atoms with Crippen LogP contribution in [0.1, 0.15) is 478 Å². The van der Waals surface area contributed by atoms with Crippen molar-refractivity contribution in [2.75, 3.05) is 39.6 Å². The fraction of sp³-hybridized carbons (Fsp3) is 0.955. The maximum atomic E-state index is 13.2. The van der Waals surface area contributed by atoms with E-state index in [0.29, 0.717) is 25.7 Å². The maximum absolute atomic E-state index is 13.2. The van der Waals surface area contributed by atoms with Gasteiger partial charge in [-0.15, -0.1) is 0 Å². The van der Waals surface area contributed by atoms with Gasteiger partial charge < -0.3 is 33.8 Å². The van der Waals surface area contributed by atoms with Crippen LogP contribution in [0.5, 0.6) is 0 Å². The number of carbonyl (C=O) groups is 4. The molecule has 17 nitrogen and oxygen atoms in total. The van der Waals surface area contributed by atoms with Gasteiger partial charge in [-0.2, -0.15) is 0 Å². The number of hydrogen-bond acceptors (Lipinski definition) is 15. The third-order valence-electron chi connectivity index (χ3n) is 21.3. The average Bonchev–Trinajstić information content (AvgIpc) is 0.899. The first-order valence-corrected chi connectivity index (χ1v) is 49.0. The van der Waals surface area contributed by atoms with E-state index in [-0.39, 0.29) is 25.7 Å². The molecule has 6 atom stereocenters. The van der Waals surface area contributed by atoms with Crippen molar-refractivity contribution in [1.82, 2.24) is 0 Å². The van der Waals surface area contributed by atoms with Gasteiger partial charge in [0.05, 0.1) is 26.4 Å². The zero-order valence-corrected chi connectivity index (χ0v) is 73.0. The van der Waals surface area contributed by atoms with E-state index in [2.05, 4.69) is 41.5 Å². The molecule has 0 aromatic heterocycles. The molecule has 108 heavy (non-hydrogen) atoms. The molecule has 0 aliphatic heterocycles. The summed E-state index contributed by atoms with van der Waals surface area (Å²) in [4.78, 5) is 73.3. The van der Waals surface area contributed by atoms with Crippen LogP contribution in [0.3, 0.4) is 0 Å². The van der Waals surface area contributed by atoms with Crippen molar-refractivity contribution in [3.63, 3.8) is 0 Å². The molecule has 0 spiro atoms. The van der Waals surface area contributed by atoms with Gasteiger partial charge in [-0.05, 0) is 37.5 Å². The third-order valence-corrected chi connectivity index (χ3v) is 23.2. The van der Waals surface area contributed by atoms with Crippen LogP contribution in [-0.4, -0.2) is 96.7 Å². The minimum Gasteiger partial charge on any atom is -0.462 e. The number of esters is 4. The van der Waals surface area contributed by atoms with Crippen molar-refractivity contribution in [1.29, 1.82) is 0 Å². The van der Waals surface area contributed by atoms with Crippen LogP contribution in [0.15, 0.2) is 0 Å². The van der Waals surface area contributed by atoms with Gasteiger partial charge in [0, 0.05) is 25.7 Å². The number of rotatable bonds is 88. The van der Waals surface area contributed by atoms with Gasteiger partial charge in [-0.3, -0.25) is 37.3 Å². The lowest BCUT2D eigenvalue weighted by Crippen LogP contribution is -2.30. The van der Waals surface area contributed by atoms with Crippen LogP contribution >= 0.6 is 15.6 Å². The highest BCUT2D eigenvalue weighted by molar-refractivity contribution is 7.47. The summed E-state index contributed by atoms with van der Waals surface area (Å²) in [7, 11) is -9.93. The predicted molar refractivity (Wildman–Crippen MR) is 446 cm³/mol. The number of phosphoric acid groups is 2. The molecular formula is C89H174O17P2. The Labute approximate surface area is 664 Å². The van der Waals surface area contributed by atoms with Crippen LogP contribution in [0.4, 0.5) is 0 Å². The molecule has 19 heteroatoms. The second-order valence-corrected chi connectivity index (χ2v) is 35.6. The Morgan fingerprint density at radius 3 is 0.704 bits per heavy atom. The zero-order chi connectivity index (χ0) is 79.2. The van der Waals surface area contributed by atoms with E-state index in [1.54, 1.807) is 0 Å². The van der Waals surface area contributed by atoms with Gasteiger partial charge in [0.2, 0.25) is 0 Å². The van der Waals surface area contributed by atoms with Gasteiger partial charge in [0.15, 0.2) is 12.2 Å². The SMILES string of the molecule is CCCCCCCCCCCCCCCCCCCCCCC(=O)OC[C@H](COP(=O)(O)OC[C@@H](O)COP(=O)(O)OC[C@@H](COC(=O)CCCCCCCCCCC(C)C)OC(=O)CCCCCCCCCCCCCCCCC)OC(=O)CCCCCCCCCCCCCCCCCCCCC(C)CC.